The van der Waals surface area contributed by atoms with Crippen molar-refractivity contribution in [3.8, 4) is 0 Å². The molecule has 1 aliphatic rings. The topological polar surface area (TPSA) is 57.7 Å². The number of carbonyl (C=O) groups is 1. The number of hydrogen-bond acceptors (Lipinski definition) is 3. The Kier molecular flexibility index (Phi) is 6.29. The van der Waals surface area contributed by atoms with E-state index in [0.29, 0.717) is 26.1 Å². The highest BCUT2D eigenvalue weighted by Gasteiger charge is 2.34. The summed E-state index contributed by atoms with van der Waals surface area (Å²) in [5.74, 6) is -0.254. The Morgan fingerprint density at radius 2 is 1.70 bits per heavy atom. The monoisotopic (exact) mass is 386 g/mol. The van der Waals surface area contributed by atoms with E-state index in [9.17, 15) is 13.2 Å². The molecule has 5 nitrogen and oxygen atoms in total. The van der Waals surface area contributed by atoms with Gasteiger partial charge in [0.05, 0.1) is 10.8 Å². The van der Waals surface area contributed by atoms with Crippen LogP contribution >= 0.6 is 0 Å². The second kappa shape index (κ2) is 8.67. The number of benzene rings is 2. The van der Waals surface area contributed by atoms with Crippen LogP contribution in [0.2, 0.25) is 0 Å². The molecule has 1 heterocycles. The predicted octanol–water partition coefficient (Wildman–Crippen LogP) is 3.14. The van der Waals surface area contributed by atoms with Crippen molar-refractivity contribution in [1.82, 2.24) is 9.21 Å². The molecule has 3 rings (SSSR count). The number of sulfonamides is 1. The summed E-state index contributed by atoms with van der Waals surface area (Å²) in [7, 11) is -3.56. The first-order valence-corrected chi connectivity index (χ1v) is 10.8. The van der Waals surface area contributed by atoms with Crippen molar-refractivity contribution >= 4 is 15.9 Å². The van der Waals surface area contributed by atoms with Gasteiger partial charge in [-0.25, -0.2) is 8.42 Å². The second-order valence-corrected chi connectivity index (χ2v) is 8.79. The largest absolute Gasteiger partial charge is 0.338 e. The Labute approximate surface area is 161 Å². The molecule has 2 aromatic rings. The molecule has 1 atom stereocenters. The van der Waals surface area contributed by atoms with Gasteiger partial charge in [0.15, 0.2) is 0 Å². The Balaban J connectivity index is 1.72. The first-order valence-electron chi connectivity index (χ1n) is 9.40. The van der Waals surface area contributed by atoms with Crippen LogP contribution in [0.3, 0.4) is 0 Å². The van der Waals surface area contributed by atoms with Crippen molar-refractivity contribution in [3.05, 3.63) is 66.2 Å². The van der Waals surface area contributed by atoms with E-state index in [-0.39, 0.29) is 23.3 Å². The molecule has 2 aromatic carbocycles. The van der Waals surface area contributed by atoms with Gasteiger partial charge in [0.1, 0.15) is 0 Å². The Morgan fingerprint density at radius 3 is 2.33 bits per heavy atom. The minimum atomic E-state index is -3.56. The summed E-state index contributed by atoms with van der Waals surface area (Å²) in [6.07, 6.45) is 1.43. The summed E-state index contributed by atoms with van der Waals surface area (Å²) in [6, 6.07) is 18.3. The maximum absolute atomic E-state index is 13.0. The summed E-state index contributed by atoms with van der Waals surface area (Å²) >= 11 is 0. The van der Waals surface area contributed by atoms with Gasteiger partial charge in [-0.2, -0.15) is 4.31 Å². The van der Waals surface area contributed by atoms with Crippen LogP contribution in [0.15, 0.2) is 65.6 Å². The zero-order valence-electron chi connectivity index (χ0n) is 15.6. The van der Waals surface area contributed by atoms with Crippen LogP contribution in [0.25, 0.3) is 0 Å². The number of rotatable bonds is 6. The van der Waals surface area contributed by atoms with Gasteiger partial charge in [-0.3, -0.25) is 4.79 Å². The van der Waals surface area contributed by atoms with Gasteiger partial charge in [0.25, 0.3) is 0 Å². The van der Waals surface area contributed by atoms with Crippen molar-refractivity contribution in [2.45, 2.75) is 31.2 Å². The molecule has 1 saturated heterocycles. The molecule has 0 saturated carbocycles. The van der Waals surface area contributed by atoms with Crippen LogP contribution in [-0.2, 0) is 21.4 Å². The summed E-state index contributed by atoms with van der Waals surface area (Å²) in [5, 5.41) is 0. The highest BCUT2D eigenvalue weighted by atomic mass is 32.2. The molecular weight excluding hydrogens is 360 g/mol. The van der Waals surface area contributed by atoms with Crippen molar-refractivity contribution in [2.24, 2.45) is 5.92 Å². The Hall–Kier alpha value is -2.18. The summed E-state index contributed by atoms with van der Waals surface area (Å²) in [5.41, 5.74) is 1.08. The van der Waals surface area contributed by atoms with Crippen molar-refractivity contribution in [1.29, 1.82) is 0 Å². The van der Waals surface area contributed by atoms with Crippen LogP contribution in [0.5, 0.6) is 0 Å². The fourth-order valence-corrected chi connectivity index (χ4v) is 5.06. The predicted molar refractivity (Wildman–Crippen MR) is 105 cm³/mol. The highest BCUT2D eigenvalue weighted by molar-refractivity contribution is 7.89. The number of piperidine rings is 1. The molecule has 27 heavy (non-hydrogen) atoms. The molecule has 1 fully saturated rings. The first-order chi connectivity index (χ1) is 13.0. The van der Waals surface area contributed by atoms with Crippen LogP contribution in [0.4, 0.5) is 0 Å². The molecule has 6 heteroatoms. The number of carbonyl (C=O) groups excluding carboxylic acids is 1. The fourth-order valence-electron chi connectivity index (χ4n) is 3.51. The Bertz CT molecular complexity index is 854. The van der Waals surface area contributed by atoms with Crippen LogP contribution < -0.4 is 0 Å². The van der Waals surface area contributed by atoms with E-state index >= 15 is 0 Å². The van der Waals surface area contributed by atoms with Gasteiger partial charge < -0.3 is 4.90 Å². The third-order valence-electron chi connectivity index (χ3n) is 5.02. The summed E-state index contributed by atoms with van der Waals surface area (Å²) in [4.78, 5) is 15.2. The second-order valence-electron chi connectivity index (χ2n) is 6.85. The molecule has 0 unspecified atom stereocenters. The van der Waals surface area contributed by atoms with E-state index in [1.165, 1.54) is 4.31 Å². The van der Waals surface area contributed by atoms with Gasteiger partial charge in [-0.15, -0.1) is 0 Å². The molecule has 0 aromatic heterocycles. The molecular formula is C21H26N2O3S. The number of amides is 1. The minimum absolute atomic E-state index is 0.0364. The third kappa shape index (κ3) is 4.57. The molecule has 0 bridgehead atoms. The van der Waals surface area contributed by atoms with Gasteiger partial charge in [0.2, 0.25) is 15.9 Å². The maximum Gasteiger partial charge on any atom is 0.243 e. The SMILES string of the molecule is CCN(Cc1ccccc1)C(=O)[C@@H]1CCCN(S(=O)(=O)c2ccccc2)C1. The van der Waals surface area contributed by atoms with E-state index in [4.69, 9.17) is 0 Å². The smallest absolute Gasteiger partial charge is 0.243 e. The first kappa shape index (κ1) is 19.6. The van der Waals surface area contributed by atoms with Gasteiger partial charge in [-0.05, 0) is 37.5 Å². The average Bonchev–Trinajstić information content (AvgIpc) is 2.73. The summed E-state index contributed by atoms with van der Waals surface area (Å²) in [6.45, 7) is 3.84. The standard InChI is InChI=1S/C21H26N2O3S/c1-2-22(16-18-10-5-3-6-11-18)21(24)19-12-9-15-23(17-19)27(25,26)20-13-7-4-8-14-20/h3-8,10-11,13-14,19H,2,9,12,15-17H2,1H3/t19-/m1/s1. The van der Waals surface area contributed by atoms with Gasteiger partial charge in [0, 0.05) is 26.2 Å². The lowest BCUT2D eigenvalue weighted by Crippen LogP contribution is -2.46. The number of nitrogens with zero attached hydrogens (tertiary/aromatic N) is 2. The van der Waals surface area contributed by atoms with Crippen molar-refractivity contribution in [3.63, 3.8) is 0 Å². The molecule has 0 spiro atoms. The zero-order valence-corrected chi connectivity index (χ0v) is 16.4. The molecule has 1 aliphatic heterocycles. The van der Waals surface area contributed by atoms with E-state index in [1.807, 2.05) is 42.2 Å². The van der Waals surface area contributed by atoms with Crippen LogP contribution in [0.1, 0.15) is 25.3 Å². The lowest BCUT2D eigenvalue weighted by atomic mass is 9.98. The van der Waals surface area contributed by atoms with E-state index in [1.54, 1.807) is 30.3 Å². The van der Waals surface area contributed by atoms with Crippen molar-refractivity contribution < 1.29 is 13.2 Å². The van der Waals surface area contributed by atoms with E-state index in [2.05, 4.69) is 0 Å². The lowest BCUT2D eigenvalue weighted by Gasteiger charge is -2.34. The summed E-state index contributed by atoms with van der Waals surface area (Å²) < 4.78 is 27.2. The third-order valence-corrected chi connectivity index (χ3v) is 6.90. The van der Waals surface area contributed by atoms with E-state index in [0.717, 1.165) is 12.0 Å². The van der Waals surface area contributed by atoms with Gasteiger partial charge >= 0.3 is 0 Å². The fraction of sp³-hybridized carbons (Fsp3) is 0.381. The molecule has 0 aliphatic carbocycles. The van der Waals surface area contributed by atoms with E-state index < -0.39 is 10.0 Å². The minimum Gasteiger partial charge on any atom is -0.338 e. The van der Waals surface area contributed by atoms with Crippen molar-refractivity contribution in [2.75, 3.05) is 19.6 Å². The normalized spacial score (nSPS) is 18.2. The molecule has 144 valence electrons. The molecule has 0 radical (unpaired) electrons. The van der Waals surface area contributed by atoms with Crippen LogP contribution in [0, 0.1) is 5.92 Å². The van der Waals surface area contributed by atoms with Gasteiger partial charge in [-0.1, -0.05) is 48.5 Å². The zero-order chi connectivity index (χ0) is 19.3. The average molecular weight is 387 g/mol. The lowest BCUT2D eigenvalue weighted by molar-refractivity contribution is -0.137. The molecule has 0 N–H and O–H groups in total. The highest BCUT2D eigenvalue weighted by Crippen LogP contribution is 2.25. The maximum atomic E-state index is 13.0. The van der Waals surface area contributed by atoms with Crippen LogP contribution in [-0.4, -0.2) is 43.2 Å². The quantitative estimate of drug-likeness (QED) is 0.766. The molecule has 1 amide bonds. The Morgan fingerprint density at radius 1 is 1.07 bits per heavy atom. The number of hydrogen-bond donors (Lipinski definition) is 0.